The van der Waals surface area contributed by atoms with E-state index in [1.807, 2.05) is 10.9 Å². The molecule has 5 nitrogen and oxygen atoms in total. The van der Waals surface area contributed by atoms with Gasteiger partial charge in [-0.1, -0.05) is 0 Å². The number of piperidine rings is 1. The first-order valence-electron chi connectivity index (χ1n) is 7.83. The number of hydrogen-bond donors (Lipinski definition) is 1. The Bertz CT molecular complexity index is 420. The number of rotatable bonds is 4. The number of aryl methyl sites for hydroxylation is 1. The third-order valence-corrected chi connectivity index (χ3v) is 4.35. The third kappa shape index (κ3) is 4.95. The summed E-state index contributed by atoms with van der Waals surface area (Å²) >= 11 is 0. The molecule has 0 radical (unpaired) electrons. The molecule has 2 fully saturated rings. The third-order valence-electron chi connectivity index (χ3n) is 4.35. The van der Waals surface area contributed by atoms with E-state index in [2.05, 4.69) is 28.4 Å². The van der Waals surface area contributed by atoms with Crippen molar-refractivity contribution in [1.29, 1.82) is 0 Å². The summed E-state index contributed by atoms with van der Waals surface area (Å²) in [6, 6.07) is 0. The molecule has 0 bridgehead atoms. The summed E-state index contributed by atoms with van der Waals surface area (Å²) in [5.74, 6) is 0.863. The van der Waals surface area contributed by atoms with E-state index in [4.69, 9.17) is 4.74 Å². The van der Waals surface area contributed by atoms with E-state index in [1.54, 1.807) is 0 Å². The maximum Gasteiger partial charge on any atom is 0.0898 e. The molecule has 6 heteroatoms. The minimum absolute atomic E-state index is 0. The van der Waals surface area contributed by atoms with E-state index < -0.39 is 0 Å². The van der Waals surface area contributed by atoms with Crippen LogP contribution >= 0.6 is 12.4 Å². The van der Waals surface area contributed by atoms with E-state index in [0.717, 1.165) is 32.2 Å². The Morgan fingerprint density at radius 2 is 2.14 bits per heavy atom. The summed E-state index contributed by atoms with van der Waals surface area (Å²) in [5.41, 5.74) is 1.22. The zero-order valence-corrected chi connectivity index (χ0v) is 13.6. The molecule has 2 saturated heterocycles. The number of ether oxygens (including phenoxy) is 1. The minimum atomic E-state index is 0. The lowest BCUT2D eigenvalue weighted by Gasteiger charge is -2.36. The topological polar surface area (TPSA) is 42.3 Å². The largest absolute Gasteiger partial charge is 0.374 e. The van der Waals surface area contributed by atoms with Crippen molar-refractivity contribution in [2.24, 2.45) is 5.92 Å². The van der Waals surface area contributed by atoms with E-state index in [9.17, 15) is 0 Å². The quantitative estimate of drug-likeness (QED) is 0.910. The highest BCUT2D eigenvalue weighted by atomic mass is 35.5. The average molecular weight is 315 g/mol. The van der Waals surface area contributed by atoms with Crippen molar-refractivity contribution in [2.75, 3.05) is 39.3 Å². The SMILES string of the molecule is Cc1cnn(CC2CN(CC3CCNCC3)CCO2)c1.Cl. The van der Waals surface area contributed by atoms with Gasteiger partial charge in [0.15, 0.2) is 0 Å². The molecule has 0 aliphatic carbocycles. The smallest absolute Gasteiger partial charge is 0.0898 e. The molecule has 0 spiro atoms. The molecule has 3 rings (SSSR count). The van der Waals surface area contributed by atoms with Crippen LogP contribution in [0.25, 0.3) is 0 Å². The lowest BCUT2D eigenvalue weighted by molar-refractivity contribution is -0.0426. The van der Waals surface area contributed by atoms with Gasteiger partial charge in [0, 0.05) is 25.8 Å². The van der Waals surface area contributed by atoms with Crippen LogP contribution in [0.15, 0.2) is 12.4 Å². The monoisotopic (exact) mass is 314 g/mol. The molecule has 3 heterocycles. The van der Waals surface area contributed by atoms with Gasteiger partial charge in [-0.15, -0.1) is 12.4 Å². The maximum absolute atomic E-state index is 5.90. The second-order valence-electron chi connectivity index (χ2n) is 6.19. The summed E-state index contributed by atoms with van der Waals surface area (Å²) in [5, 5.41) is 7.80. The highest BCUT2D eigenvalue weighted by Crippen LogP contribution is 2.16. The molecule has 1 atom stereocenters. The fourth-order valence-corrected chi connectivity index (χ4v) is 3.26. The average Bonchev–Trinajstić information content (AvgIpc) is 2.86. The number of morpholine rings is 1. The van der Waals surface area contributed by atoms with Gasteiger partial charge in [-0.2, -0.15) is 5.10 Å². The molecule has 1 N–H and O–H groups in total. The number of aromatic nitrogens is 2. The maximum atomic E-state index is 5.90. The van der Waals surface area contributed by atoms with Crippen LogP contribution in [0, 0.1) is 12.8 Å². The standard InChI is InChI=1S/C15H26N4O.ClH/c1-13-8-17-19(9-13)12-15-11-18(6-7-20-15)10-14-2-4-16-5-3-14;/h8-9,14-16H,2-7,10-12H2,1H3;1H. The highest BCUT2D eigenvalue weighted by Gasteiger charge is 2.24. The first-order valence-corrected chi connectivity index (χ1v) is 7.83. The molecular formula is C15H27ClN4O. The van der Waals surface area contributed by atoms with Crippen LogP contribution in [-0.4, -0.2) is 60.1 Å². The van der Waals surface area contributed by atoms with E-state index in [-0.39, 0.29) is 18.5 Å². The summed E-state index contributed by atoms with van der Waals surface area (Å²) in [6.07, 6.45) is 6.93. The molecule has 0 amide bonds. The fourth-order valence-electron chi connectivity index (χ4n) is 3.26. The van der Waals surface area contributed by atoms with E-state index >= 15 is 0 Å². The molecular weight excluding hydrogens is 288 g/mol. The van der Waals surface area contributed by atoms with Gasteiger partial charge in [-0.05, 0) is 44.3 Å². The number of nitrogens with one attached hydrogen (secondary N) is 1. The Labute approximate surface area is 133 Å². The lowest BCUT2D eigenvalue weighted by atomic mass is 9.97. The van der Waals surface area contributed by atoms with Gasteiger partial charge in [0.05, 0.1) is 25.5 Å². The van der Waals surface area contributed by atoms with Gasteiger partial charge in [0.25, 0.3) is 0 Å². The molecule has 2 aliphatic heterocycles. The highest BCUT2D eigenvalue weighted by molar-refractivity contribution is 5.85. The van der Waals surface area contributed by atoms with Crippen molar-refractivity contribution in [2.45, 2.75) is 32.4 Å². The second kappa shape index (κ2) is 8.13. The van der Waals surface area contributed by atoms with Gasteiger partial charge in [-0.3, -0.25) is 9.58 Å². The predicted octanol–water partition coefficient (Wildman–Crippen LogP) is 1.31. The van der Waals surface area contributed by atoms with Crippen molar-refractivity contribution in [1.82, 2.24) is 20.0 Å². The normalized spacial score (nSPS) is 24.7. The second-order valence-corrected chi connectivity index (χ2v) is 6.19. The Hall–Kier alpha value is -0.620. The molecule has 0 aromatic carbocycles. The van der Waals surface area contributed by atoms with Gasteiger partial charge in [0.1, 0.15) is 0 Å². The predicted molar refractivity (Wildman–Crippen MR) is 86.0 cm³/mol. The molecule has 0 saturated carbocycles. The van der Waals surface area contributed by atoms with Crippen LogP contribution in [0.1, 0.15) is 18.4 Å². The Balaban J connectivity index is 0.00000161. The van der Waals surface area contributed by atoms with E-state index in [1.165, 1.54) is 38.0 Å². The van der Waals surface area contributed by atoms with Crippen molar-refractivity contribution in [3.8, 4) is 0 Å². The molecule has 1 aromatic heterocycles. The Kier molecular flexibility index (Phi) is 6.48. The zero-order valence-electron chi connectivity index (χ0n) is 12.8. The molecule has 1 unspecified atom stereocenters. The molecule has 120 valence electrons. The Morgan fingerprint density at radius 3 is 2.86 bits per heavy atom. The first kappa shape index (κ1) is 16.7. The molecule has 21 heavy (non-hydrogen) atoms. The minimum Gasteiger partial charge on any atom is -0.374 e. The van der Waals surface area contributed by atoms with Gasteiger partial charge in [-0.25, -0.2) is 0 Å². The van der Waals surface area contributed by atoms with Crippen molar-refractivity contribution < 1.29 is 4.74 Å². The van der Waals surface area contributed by atoms with Crippen LogP contribution in [0.2, 0.25) is 0 Å². The Morgan fingerprint density at radius 1 is 1.33 bits per heavy atom. The van der Waals surface area contributed by atoms with E-state index in [0.29, 0.717) is 0 Å². The van der Waals surface area contributed by atoms with Crippen LogP contribution < -0.4 is 5.32 Å². The van der Waals surface area contributed by atoms with Crippen molar-refractivity contribution >= 4 is 12.4 Å². The van der Waals surface area contributed by atoms with Gasteiger partial charge < -0.3 is 10.1 Å². The lowest BCUT2D eigenvalue weighted by Crippen LogP contribution is -2.47. The molecule has 2 aliphatic rings. The number of halogens is 1. The number of hydrogen-bond acceptors (Lipinski definition) is 4. The summed E-state index contributed by atoms with van der Waals surface area (Å²) in [6.45, 7) is 9.54. The summed E-state index contributed by atoms with van der Waals surface area (Å²) in [4.78, 5) is 2.58. The van der Waals surface area contributed by atoms with Crippen molar-refractivity contribution in [3.63, 3.8) is 0 Å². The van der Waals surface area contributed by atoms with Gasteiger partial charge in [0.2, 0.25) is 0 Å². The first-order chi connectivity index (χ1) is 9.79. The van der Waals surface area contributed by atoms with Gasteiger partial charge >= 0.3 is 0 Å². The van der Waals surface area contributed by atoms with Crippen molar-refractivity contribution in [3.05, 3.63) is 18.0 Å². The van der Waals surface area contributed by atoms with Crippen LogP contribution in [0.5, 0.6) is 0 Å². The number of nitrogens with zero attached hydrogens (tertiary/aromatic N) is 3. The summed E-state index contributed by atoms with van der Waals surface area (Å²) in [7, 11) is 0. The van der Waals surface area contributed by atoms with Crippen LogP contribution in [-0.2, 0) is 11.3 Å². The fraction of sp³-hybridized carbons (Fsp3) is 0.800. The van der Waals surface area contributed by atoms with Crippen LogP contribution in [0.4, 0.5) is 0 Å². The zero-order chi connectivity index (χ0) is 13.8. The summed E-state index contributed by atoms with van der Waals surface area (Å²) < 4.78 is 7.90. The molecule has 1 aromatic rings. The van der Waals surface area contributed by atoms with Crippen LogP contribution in [0.3, 0.4) is 0 Å².